The van der Waals surface area contributed by atoms with Gasteiger partial charge in [-0.25, -0.2) is 8.42 Å². The number of nitrogens with zero attached hydrogens (tertiary/aromatic N) is 1. The number of carbonyl (C=O) groups excluding carboxylic acids is 1. The van der Waals surface area contributed by atoms with Gasteiger partial charge in [0, 0.05) is 0 Å². The lowest BCUT2D eigenvalue weighted by Gasteiger charge is -2.34. The van der Waals surface area contributed by atoms with Crippen LogP contribution in [0.2, 0.25) is 0 Å². The summed E-state index contributed by atoms with van der Waals surface area (Å²) in [6.07, 6.45) is 1.17. The average molecular weight is 403 g/mol. The summed E-state index contributed by atoms with van der Waals surface area (Å²) < 4.78 is 31.6. The number of amides is 1. The number of sulfonamides is 1. The minimum absolute atomic E-state index is 0.0534. The molecule has 0 bridgehead atoms. The van der Waals surface area contributed by atoms with Crippen LogP contribution in [0.15, 0.2) is 42.5 Å². The Labute approximate surface area is 166 Å². The monoisotopic (exact) mass is 402 g/mol. The molecule has 0 spiro atoms. The predicted octanol–water partition coefficient (Wildman–Crippen LogP) is 2.96. The Morgan fingerprint density at radius 2 is 1.93 bits per heavy atom. The number of hydrogen-bond donors (Lipinski definition) is 1. The van der Waals surface area contributed by atoms with E-state index >= 15 is 0 Å². The minimum Gasteiger partial charge on any atom is -0.476 e. The molecule has 1 heterocycles. The van der Waals surface area contributed by atoms with E-state index in [1.807, 2.05) is 44.2 Å². The van der Waals surface area contributed by atoms with Gasteiger partial charge in [-0.1, -0.05) is 37.3 Å². The number of nitrogens with one attached hydrogen (secondary N) is 1. The molecule has 3 rings (SSSR count). The lowest BCUT2D eigenvalue weighted by atomic mass is 10.0. The van der Waals surface area contributed by atoms with Crippen LogP contribution in [-0.4, -0.2) is 33.2 Å². The number of benzene rings is 2. The van der Waals surface area contributed by atoms with Crippen LogP contribution in [0.5, 0.6) is 5.75 Å². The number of carbonyl (C=O) groups is 1. The Bertz CT molecular complexity index is 970. The third kappa shape index (κ3) is 4.30. The van der Waals surface area contributed by atoms with Crippen molar-refractivity contribution in [3.8, 4) is 5.75 Å². The molecule has 0 saturated heterocycles. The van der Waals surface area contributed by atoms with Gasteiger partial charge < -0.3 is 10.1 Å². The highest BCUT2D eigenvalue weighted by Gasteiger charge is 2.35. The quantitative estimate of drug-likeness (QED) is 0.834. The van der Waals surface area contributed by atoms with Gasteiger partial charge in [0.25, 0.3) is 5.91 Å². The third-order valence-electron chi connectivity index (χ3n) is 4.92. The molecule has 0 aromatic heterocycles. The van der Waals surface area contributed by atoms with Gasteiger partial charge in [-0.05, 0) is 49.1 Å². The second-order valence-electron chi connectivity index (χ2n) is 7.20. The largest absolute Gasteiger partial charge is 0.476 e. The summed E-state index contributed by atoms with van der Waals surface area (Å²) >= 11 is 0. The van der Waals surface area contributed by atoms with E-state index in [9.17, 15) is 13.2 Å². The first-order valence-electron chi connectivity index (χ1n) is 9.33. The normalized spacial score (nSPS) is 17.4. The van der Waals surface area contributed by atoms with Crippen LogP contribution in [0.25, 0.3) is 0 Å². The first kappa shape index (κ1) is 20.2. The van der Waals surface area contributed by atoms with E-state index in [1.54, 1.807) is 12.1 Å². The van der Waals surface area contributed by atoms with E-state index in [-0.39, 0.29) is 18.5 Å². The summed E-state index contributed by atoms with van der Waals surface area (Å²) in [7, 11) is -3.53. The standard InChI is InChI=1S/C21H26N2O4S/c1-5-16-7-9-17(10-8-16)15(3)22-21(24)20-13-23(28(4,25)26)18-11-6-14(2)12-19(18)27-20/h6-12,15,20H,5,13H2,1-4H3,(H,22,24)/t15-,20+/m1/s1. The van der Waals surface area contributed by atoms with Crippen molar-refractivity contribution < 1.29 is 17.9 Å². The number of aryl methyl sites for hydroxylation is 2. The smallest absolute Gasteiger partial charge is 0.263 e. The molecular formula is C21H26N2O4S. The van der Waals surface area contributed by atoms with E-state index in [4.69, 9.17) is 4.74 Å². The highest BCUT2D eigenvalue weighted by atomic mass is 32.2. The molecule has 0 unspecified atom stereocenters. The van der Waals surface area contributed by atoms with Gasteiger partial charge in [0.2, 0.25) is 10.0 Å². The van der Waals surface area contributed by atoms with Crippen LogP contribution in [-0.2, 0) is 21.2 Å². The topological polar surface area (TPSA) is 75.7 Å². The summed E-state index contributed by atoms with van der Waals surface area (Å²) in [6, 6.07) is 13.1. The third-order valence-corrected chi connectivity index (χ3v) is 6.07. The molecule has 7 heteroatoms. The van der Waals surface area contributed by atoms with Crippen LogP contribution >= 0.6 is 0 Å². The predicted molar refractivity (Wildman–Crippen MR) is 110 cm³/mol. The van der Waals surface area contributed by atoms with E-state index in [0.717, 1.165) is 23.8 Å². The summed E-state index contributed by atoms with van der Waals surface area (Å²) in [5.41, 5.74) is 3.60. The van der Waals surface area contributed by atoms with Crippen molar-refractivity contribution in [2.45, 2.75) is 39.3 Å². The van der Waals surface area contributed by atoms with Gasteiger partial charge in [0.1, 0.15) is 5.75 Å². The van der Waals surface area contributed by atoms with Crippen LogP contribution in [0.1, 0.15) is 36.6 Å². The van der Waals surface area contributed by atoms with Crippen molar-refractivity contribution in [3.63, 3.8) is 0 Å². The molecule has 0 radical (unpaired) electrons. The van der Waals surface area contributed by atoms with Gasteiger partial charge in [-0.15, -0.1) is 0 Å². The zero-order chi connectivity index (χ0) is 20.5. The summed E-state index contributed by atoms with van der Waals surface area (Å²) in [4.78, 5) is 12.8. The number of ether oxygens (including phenoxy) is 1. The van der Waals surface area contributed by atoms with Crippen molar-refractivity contribution >= 4 is 21.6 Å². The number of hydrogen-bond acceptors (Lipinski definition) is 4. The van der Waals surface area contributed by atoms with Crippen molar-refractivity contribution in [1.29, 1.82) is 0 Å². The second kappa shape index (κ2) is 7.83. The molecule has 1 aliphatic rings. The average Bonchev–Trinajstić information content (AvgIpc) is 2.66. The van der Waals surface area contributed by atoms with Crippen molar-refractivity contribution in [1.82, 2.24) is 5.32 Å². The van der Waals surface area contributed by atoms with Crippen LogP contribution in [0.4, 0.5) is 5.69 Å². The molecule has 2 aromatic carbocycles. The highest BCUT2D eigenvalue weighted by Crippen LogP contribution is 2.35. The molecule has 1 amide bonds. The molecule has 2 atom stereocenters. The van der Waals surface area contributed by atoms with Crippen LogP contribution < -0.4 is 14.4 Å². The van der Waals surface area contributed by atoms with Crippen LogP contribution in [0.3, 0.4) is 0 Å². The molecule has 0 aliphatic carbocycles. The van der Waals surface area contributed by atoms with Gasteiger partial charge in [0.05, 0.1) is 24.5 Å². The van der Waals surface area contributed by atoms with Crippen molar-refractivity contribution in [2.75, 3.05) is 17.1 Å². The van der Waals surface area contributed by atoms with Crippen LogP contribution in [0, 0.1) is 6.92 Å². The molecular weight excluding hydrogens is 376 g/mol. The fourth-order valence-corrected chi connectivity index (χ4v) is 4.16. The number of anilines is 1. The Kier molecular flexibility index (Phi) is 5.65. The fraction of sp³-hybridized carbons (Fsp3) is 0.381. The summed E-state index contributed by atoms with van der Waals surface area (Å²) in [6.45, 7) is 5.82. The van der Waals surface area contributed by atoms with Gasteiger partial charge >= 0.3 is 0 Å². The van der Waals surface area contributed by atoms with E-state index in [0.29, 0.717) is 11.4 Å². The lowest BCUT2D eigenvalue weighted by Crippen LogP contribution is -2.50. The molecule has 150 valence electrons. The highest BCUT2D eigenvalue weighted by molar-refractivity contribution is 7.92. The molecule has 28 heavy (non-hydrogen) atoms. The molecule has 6 nitrogen and oxygen atoms in total. The SMILES string of the molecule is CCc1ccc([C@@H](C)NC(=O)[C@@H]2CN(S(C)(=O)=O)c3ccc(C)cc3O2)cc1. The Morgan fingerprint density at radius 1 is 1.25 bits per heavy atom. The molecule has 1 N–H and O–H groups in total. The number of fused-ring (bicyclic) bond motifs is 1. The summed E-state index contributed by atoms with van der Waals surface area (Å²) in [5.74, 6) is 0.0599. The minimum atomic E-state index is -3.53. The Morgan fingerprint density at radius 3 is 2.54 bits per heavy atom. The van der Waals surface area contributed by atoms with Crippen molar-refractivity contribution in [2.24, 2.45) is 0 Å². The second-order valence-corrected chi connectivity index (χ2v) is 9.10. The Balaban J connectivity index is 1.79. The first-order chi connectivity index (χ1) is 13.2. The van der Waals surface area contributed by atoms with Crippen molar-refractivity contribution in [3.05, 3.63) is 59.2 Å². The van der Waals surface area contributed by atoms with Gasteiger partial charge in [-0.2, -0.15) is 0 Å². The summed E-state index contributed by atoms with van der Waals surface area (Å²) in [5, 5.41) is 2.94. The van der Waals surface area contributed by atoms with E-state index in [2.05, 4.69) is 12.2 Å². The maximum atomic E-state index is 12.8. The molecule has 0 saturated carbocycles. The maximum absolute atomic E-state index is 12.8. The molecule has 1 aliphatic heterocycles. The first-order valence-corrected chi connectivity index (χ1v) is 11.2. The van der Waals surface area contributed by atoms with Gasteiger partial charge in [0.15, 0.2) is 6.10 Å². The van der Waals surface area contributed by atoms with E-state index < -0.39 is 16.1 Å². The van der Waals surface area contributed by atoms with Gasteiger partial charge in [-0.3, -0.25) is 9.10 Å². The fourth-order valence-electron chi connectivity index (χ4n) is 3.24. The molecule has 0 fully saturated rings. The zero-order valence-corrected chi connectivity index (χ0v) is 17.4. The Hall–Kier alpha value is -2.54. The zero-order valence-electron chi connectivity index (χ0n) is 16.6. The molecule has 2 aromatic rings. The maximum Gasteiger partial charge on any atom is 0.263 e. The van der Waals surface area contributed by atoms with E-state index in [1.165, 1.54) is 9.87 Å². The lowest BCUT2D eigenvalue weighted by molar-refractivity contribution is -0.128. The number of rotatable bonds is 5.